The van der Waals surface area contributed by atoms with E-state index in [1.165, 1.54) is 0 Å². The highest BCUT2D eigenvalue weighted by molar-refractivity contribution is 7.13. The molecule has 0 saturated carbocycles. The summed E-state index contributed by atoms with van der Waals surface area (Å²) < 4.78 is 0. The summed E-state index contributed by atoms with van der Waals surface area (Å²) in [5, 5.41) is 3.02. The van der Waals surface area contributed by atoms with Crippen LogP contribution in [-0.4, -0.2) is 42.0 Å². The number of carbonyl (C=O) groups is 1. The van der Waals surface area contributed by atoms with Gasteiger partial charge in [-0.25, -0.2) is 4.98 Å². The van der Waals surface area contributed by atoms with E-state index in [4.69, 9.17) is 0 Å². The van der Waals surface area contributed by atoms with Crippen molar-refractivity contribution in [3.8, 4) is 11.8 Å². The van der Waals surface area contributed by atoms with Crippen LogP contribution in [0.2, 0.25) is 0 Å². The van der Waals surface area contributed by atoms with E-state index in [1.54, 1.807) is 16.2 Å². The molecular formula is C18H19N3OS. The van der Waals surface area contributed by atoms with E-state index in [9.17, 15) is 4.79 Å². The van der Waals surface area contributed by atoms with Crippen LogP contribution in [0, 0.1) is 11.8 Å². The second-order valence-electron chi connectivity index (χ2n) is 5.59. The van der Waals surface area contributed by atoms with Crippen LogP contribution >= 0.6 is 11.3 Å². The monoisotopic (exact) mass is 325 g/mol. The molecule has 5 heteroatoms. The van der Waals surface area contributed by atoms with Crippen molar-refractivity contribution in [1.82, 2.24) is 9.88 Å². The van der Waals surface area contributed by atoms with E-state index < -0.39 is 0 Å². The zero-order chi connectivity index (χ0) is 16.1. The van der Waals surface area contributed by atoms with Gasteiger partial charge in [-0.05, 0) is 25.0 Å². The summed E-state index contributed by atoms with van der Waals surface area (Å²) in [7, 11) is 1.85. The van der Waals surface area contributed by atoms with Gasteiger partial charge in [0.1, 0.15) is 0 Å². The van der Waals surface area contributed by atoms with Gasteiger partial charge in [0.2, 0.25) is 0 Å². The Kier molecular flexibility index (Phi) is 4.94. The summed E-state index contributed by atoms with van der Waals surface area (Å²) in [6, 6.07) is 9.78. The predicted molar refractivity (Wildman–Crippen MR) is 93.4 cm³/mol. The zero-order valence-electron chi connectivity index (χ0n) is 13.1. The maximum Gasteiger partial charge on any atom is 0.298 e. The van der Waals surface area contributed by atoms with Crippen molar-refractivity contribution >= 4 is 22.4 Å². The Morgan fingerprint density at radius 2 is 2.22 bits per heavy atom. The first-order valence-corrected chi connectivity index (χ1v) is 8.60. The Morgan fingerprint density at radius 3 is 2.96 bits per heavy atom. The Balaban J connectivity index is 1.64. The number of benzene rings is 1. The lowest BCUT2D eigenvalue weighted by atomic mass is 10.0. The molecule has 23 heavy (non-hydrogen) atoms. The molecule has 1 aromatic heterocycles. The van der Waals surface area contributed by atoms with Crippen molar-refractivity contribution in [2.45, 2.75) is 18.9 Å². The van der Waals surface area contributed by atoms with Crippen LogP contribution in [0.1, 0.15) is 18.4 Å². The predicted octanol–water partition coefficient (Wildman–Crippen LogP) is 2.62. The Labute approximate surface area is 140 Å². The maximum atomic E-state index is 12.3. The number of amides is 1. The molecule has 1 aliphatic heterocycles. The van der Waals surface area contributed by atoms with Crippen LogP contribution < -0.4 is 4.90 Å². The molecule has 1 unspecified atom stereocenters. The van der Waals surface area contributed by atoms with E-state index in [-0.39, 0.29) is 11.9 Å². The normalized spacial score (nSPS) is 17.3. The van der Waals surface area contributed by atoms with Crippen LogP contribution in [0.25, 0.3) is 0 Å². The number of piperidine rings is 1. The molecular weight excluding hydrogens is 306 g/mol. The summed E-state index contributed by atoms with van der Waals surface area (Å²) in [5.41, 5.74) is 0.863. The third kappa shape index (κ3) is 3.91. The van der Waals surface area contributed by atoms with Gasteiger partial charge in [-0.3, -0.25) is 4.79 Å². The molecule has 1 atom stereocenters. The van der Waals surface area contributed by atoms with Gasteiger partial charge in [-0.2, -0.15) is 0 Å². The fourth-order valence-corrected chi connectivity index (χ4v) is 3.40. The number of hydrogen-bond acceptors (Lipinski definition) is 4. The summed E-state index contributed by atoms with van der Waals surface area (Å²) in [6.07, 6.45) is 3.90. The molecule has 4 nitrogen and oxygen atoms in total. The highest BCUT2D eigenvalue weighted by Crippen LogP contribution is 2.23. The number of thiazole rings is 1. The van der Waals surface area contributed by atoms with Crippen molar-refractivity contribution in [2.24, 2.45) is 0 Å². The largest absolute Gasteiger partial charge is 0.346 e. The first-order valence-electron chi connectivity index (χ1n) is 7.72. The molecule has 118 valence electrons. The Morgan fingerprint density at radius 1 is 1.39 bits per heavy atom. The lowest BCUT2D eigenvalue weighted by Gasteiger charge is -2.36. The highest BCUT2D eigenvalue weighted by atomic mass is 32.1. The summed E-state index contributed by atoms with van der Waals surface area (Å²) in [6.45, 7) is 1.82. The lowest BCUT2D eigenvalue weighted by Crippen LogP contribution is -2.48. The number of nitrogens with zero attached hydrogens (tertiary/aromatic N) is 3. The summed E-state index contributed by atoms with van der Waals surface area (Å²) in [5.74, 6) is 5.56. The van der Waals surface area contributed by atoms with Gasteiger partial charge in [-0.1, -0.05) is 24.1 Å². The number of anilines is 1. The molecule has 1 aromatic carbocycles. The second-order valence-corrected chi connectivity index (χ2v) is 6.46. The van der Waals surface area contributed by atoms with Crippen LogP contribution in [-0.2, 0) is 4.79 Å². The number of rotatable bonds is 2. The highest BCUT2D eigenvalue weighted by Gasteiger charge is 2.26. The topological polar surface area (TPSA) is 36.4 Å². The Hall–Kier alpha value is -2.32. The van der Waals surface area contributed by atoms with Gasteiger partial charge in [0.25, 0.3) is 5.91 Å². The third-order valence-corrected chi connectivity index (χ3v) is 4.87. The van der Waals surface area contributed by atoms with Crippen molar-refractivity contribution in [2.75, 3.05) is 25.0 Å². The van der Waals surface area contributed by atoms with Crippen molar-refractivity contribution in [3.05, 3.63) is 47.5 Å². The fourth-order valence-electron chi connectivity index (χ4n) is 2.72. The molecule has 1 fully saturated rings. The minimum absolute atomic E-state index is 0.125. The molecule has 3 rings (SSSR count). The molecule has 0 spiro atoms. The van der Waals surface area contributed by atoms with Gasteiger partial charge in [0.15, 0.2) is 5.13 Å². The van der Waals surface area contributed by atoms with E-state index in [0.29, 0.717) is 0 Å². The van der Waals surface area contributed by atoms with E-state index in [0.717, 1.165) is 36.6 Å². The molecule has 0 radical (unpaired) electrons. The van der Waals surface area contributed by atoms with Crippen LogP contribution in [0.4, 0.5) is 5.13 Å². The second kappa shape index (κ2) is 7.30. The van der Waals surface area contributed by atoms with Gasteiger partial charge in [0.05, 0.1) is 0 Å². The SMILES string of the molecule is CN(C(=O)C#Cc1ccccc1)C1CCCN(c2nccs2)C1. The van der Waals surface area contributed by atoms with Gasteiger partial charge >= 0.3 is 0 Å². The minimum Gasteiger partial charge on any atom is -0.346 e. The standard InChI is InChI=1S/C18H19N3OS/c1-20(17(22)10-9-15-6-3-2-4-7-15)16-8-5-12-21(14-16)18-19-11-13-23-18/h2-4,6-7,11,13,16H,5,8,12,14H2,1H3. The molecule has 2 heterocycles. The molecule has 2 aromatic rings. The third-order valence-electron chi connectivity index (χ3n) is 4.04. The fraction of sp³-hybridized carbons (Fsp3) is 0.333. The molecule has 0 N–H and O–H groups in total. The van der Waals surface area contributed by atoms with E-state index in [1.807, 2.05) is 49.0 Å². The zero-order valence-corrected chi connectivity index (χ0v) is 13.9. The maximum absolute atomic E-state index is 12.3. The van der Waals surface area contributed by atoms with Gasteiger partial charge < -0.3 is 9.80 Å². The number of likely N-dealkylation sites (N-methyl/N-ethyl adjacent to an activating group) is 1. The smallest absolute Gasteiger partial charge is 0.298 e. The van der Waals surface area contributed by atoms with E-state index >= 15 is 0 Å². The molecule has 0 bridgehead atoms. The molecule has 1 aliphatic rings. The quantitative estimate of drug-likeness (QED) is 0.797. The minimum atomic E-state index is -0.125. The summed E-state index contributed by atoms with van der Waals surface area (Å²) >= 11 is 1.64. The summed E-state index contributed by atoms with van der Waals surface area (Å²) in [4.78, 5) is 20.7. The number of aromatic nitrogens is 1. The lowest BCUT2D eigenvalue weighted by molar-refractivity contribution is -0.126. The first kappa shape index (κ1) is 15.6. The van der Waals surface area contributed by atoms with Crippen molar-refractivity contribution < 1.29 is 4.79 Å². The van der Waals surface area contributed by atoms with E-state index in [2.05, 4.69) is 21.7 Å². The first-order chi connectivity index (χ1) is 11.2. The van der Waals surface area contributed by atoms with Crippen LogP contribution in [0.3, 0.4) is 0 Å². The average molecular weight is 325 g/mol. The molecule has 1 saturated heterocycles. The van der Waals surface area contributed by atoms with Crippen molar-refractivity contribution in [1.29, 1.82) is 0 Å². The molecule has 0 aliphatic carbocycles. The van der Waals surface area contributed by atoms with Gasteiger partial charge in [0, 0.05) is 49.2 Å². The number of hydrogen-bond donors (Lipinski definition) is 0. The average Bonchev–Trinajstić information content (AvgIpc) is 3.15. The van der Waals surface area contributed by atoms with Crippen LogP contribution in [0.5, 0.6) is 0 Å². The van der Waals surface area contributed by atoms with Gasteiger partial charge in [-0.15, -0.1) is 11.3 Å². The Bertz CT molecular complexity index is 703. The molecule has 1 amide bonds. The van der Waals surface area contributed by atoms with Crippen molar-refractivity contribution in [3.63, 3.8) is 0 Å². The van der Waals surface area contributed by atoms with Crippen LogP contribution in [0.15, 0.2) is 41.9 Å². The number of carbonyl (C=O) groups excluding carboxylic acids is 1.